The van der Waals surface area contributed by atoms with Crippen molar-refractivity contribution in [2.24, 2.45) is 0 Å². The van der Waals surface area contributed by atoms with Crippen molar-refractivity contribution in [2.75, 3.05) is 0 Å². The van der Waals surface area contributed by atoms with Crippen molar-refractivity contribution in [1.29, 1.82) is 0 Å². The van der Waals surface area contributed by atoms with Crippen LogP contribution in [0.5, 0.6) is 0 Å². The van der Waals surface area contributed by atoms with Crippen LogP contribution >= 0.6 is 0 Å². The van der Waals surface area contributed by atoms with E-state index in [1.54, 1.807) is 0 Å². The van der Waals surface area contributed by atoms with Crippen molar-refractivity contribution in [3.05, 3.63) is 0 Å². The zero-order chi connectivity index (χ0) is 0. The summed E-state index contributed by atoms with van der Waals surface area (Å²) in [5.74, 6) is 0. The Hall–Kier alpha value is -0.520. The molecule has 26 N–H and O–H groups in total. The van der Waals surface area contributed by atoms with Crippen LogP contribution in [0.1, 0.15) is 0 Å². The summed E-state index contributed by atoms with van der Waals surface area (Å²) in [7, 11) is 0. The Morgan fingerprint density at radius 1 is 0.0769 bits per heavy atom. The molecule has 0 aromatic rings. The Labute approximate surface area is 72.6 Å². The minimum atomic E-state index is 0. The van der Waals surface area contributed by atoms with Gasteiger partial charge in [-0.1, -0.05) is 0 Å². The average Bonchev–Trinajstić information content (AvgIpc) is 0. The molecule has 0 saturated carbocycles. The second kappa shape index (κ2) is 4660. The van der Waals surface area contributed by atoms with Crippen molar-refractivity contribution in [1.82, 2.24) is 0 Å². The molecule has 0 heterocycles. The average molecular weight is 234 g/mol. The minimum absolute atomic E-state index is 0. The summed E-state index contributed by atoms with van der Waals surface area (Å²) in [5, 5.41) is 0. The van der Waals surface area contributed by atoms with E-state index in [1.807, 2.05) is 0 Å². The normalized spacial score (nSPS) is 0. The Morgan fingerprint density at radius 3 is 0.0769 bits per heavy atom. The Morgan fingerprint density at radius 2 is 0.0769 bits per heavy atom. The second-order valence-corrected chi connectivity index (χ2v) is 0. The first-order valence-corrected chi connectivity index (χ1v) is 0. The van der Waals surface area contributed by atoms with Gasteiger partial charge in [0.05, 0.1) is 0 Å². The van der Waals surface area contributed by atoms with Crippen molar-refractivity contribution in [3.8, 4) is 0 Å². The van der Waals surface area contributed by atoms with Gasteiger partial charge in [-0.3, -0.25) is 0 Å². The first kappa shape index (κ1) is 6080. The largest absolute Gasteiger partial charge is 0.412 e. The Bertz CT molecular complexity index is 0. The van der Waals surface area contributed by atoms with Crippen LogP contribution in [-0.4, -0.2) is 71.2 Å². The highest BCUT2D eigenvalue weighted by Gasteiger charge is -0.400. The maximum absolute atomic E-state index is 0. The molecule has 0 aliphatic rings. The highest BCUT2D eigenvalue weighted by molar-refractivity contribution is 0.836. The van der Waals surface area contributed by atoms with Crippen LogP contribution in [0.15, 0.2) is 0 Å². The third-order valence-corrected chi connectivity index (χ3v) is 0. The van der Waals surface area contributed by atoms with Crippen LogP contribution in [0.25, 0.3) is 0 Å². The molecule has 0 unspecified atom stereocenters. The number of rotatable bonds is 0. The summed E-state index contributed by atoms with van der Waals surface area (Å²) in [6.45, 7) is 0. The zero-order valence-electron chi connectivity index (χ0n) is 6.50. The smallest absolute Gasteiger partial charge is 0.412 e. The molecular formula is H26O13. The molecule has 13 heteroatoms. The predicted octanol–water partition coefficient (Wildman–Crippen LogP) is -10.7. The third-order valence-electron chi connectivity index (χ3n) is 0. The maximum Gasteiger partial charge on any atom is -0.412 e. The summed E-state index contributed by atoms with van der Waals surface area (Å²) in [5.41, 5.74) is 0. The van der Waals surface area contributed by atoms with Gasteiger partial charge < -0.3 is 71.2 Å². The molecule has 0 spiro atoms. The molecular weight excluding hydrogens is 208 g/mol. The van der Waals surface area contributed by atoms with Gasteiger partial charge in [0.25, 0.3) is 0 Å². The van der Waals surface area contributed by atoms with E-state index >= 15 is 0 Å². The lowest BCUT2D eigenvalue weighted by Crippen LogP contribution is -0.290. The van der Waals surface area contributed by atoms with Gasteiger partial charge in [0.1, 0.15) is 0 Å². The molecule has 0 saturated heterocycles. The lowest BCUT2D eigenvalue weighted by Gasteiger charge is -0.413. The van der Waals surface area contributed by atoms with Crippen LogP contribution in [0.3, 0.4) is 0 Å². The van der Waals surface area contributed by atoms with Crippen molar-refractivity contribution in [3.63, 3.8) is 0 Å². The molecule has 13 nitrogen and oxygen atoms in total. The lowest BCUT2D eigenvalue weighted by molar-refractivity contribution is 0.823. The maximum atomic E-state index is 0. The first-order chi connectivity index (χ1) is 0. The fourth-order valence-electron chi connectivity index (χ4n) is 0. The van der Waals surface area contributed by atoms with E-state index in [2.05, 4.69) is 0 Å². The molecule has 0 rings (SSSR count). The topological polar surface area (TPSA) is 410 Å². The molecule has 0 fully saturated rings. The molecule has 0 aliphatic carbocycles. The van der Waals surface area contributed by atoms with Crippen LogP contribution < -0.4 is 0 Å². The summed E-state index contributed by atoms with van der Waals surface area (Å²) in [6, 6.07) is 0. The second-order valence-electron chi connectivity index (χ2n) is 0. The SMILES string of the molecule is O.O.O.O.O.O.O.O.O.O.O.O.O. The molecule has 0 aromatic carbocycles. The molecule has 0 atom stereocenters. The number of hydrogen-bond donors (Lipinski definition) is 0. The Balaban J connectivity index is 0. The van der Waals surface area contributed by atoms with Gasteiger partial charge in [0, 0.05) is 0 Å². The zero-order valence-corrected chi connectivity index (χ0v) is 6.50. The summed E-state index contributed by atoms with van der Waals surface area (Å²) >= 11 is 0. The highest BCUT2D eigenvalue weighted by atomic mass is 16.0. The van der Waals surface area contributed by atoms with Gasteiger partial charge in [-0.15, -0.1) is 0 Å². The molecule has 0 radical (unpaired) electrons. The van der Waals surface area contributed by atoms with Gasteiger partial charge in [0.15, 0.2) is 0 Å². The van der Waals surface area contributed by atoms with Crippen molar-refractivity contribution in [2.45, 2.75) is 0 Å². The van der Waals surface area contributed by atoms with Crippen molar-refractivity contribution >= 4 is 0 Å². The van der Waals surface area contributed by atoms with Gasteiger partial charge in [-0.2, -0.15) is 0 Å². The van der Waals surface area contributed by atoms with Gasteiger partial charge in [0.2, 0.25) is 0 Å². The van der Waals surface area contributed by atoms with E-state index < -0.39 is 0 Å². The van der Waals surface area contributed by atoms with E-state index in [0.29, 0.717) is 0 Å². The quantitative estimate of drug-likeness (QED) is 0.376. The highest BCUT2D eigenvalue weighted by Crippen LogP contribution is -0.277. The first-order valence-electron chi connectivity index (χ1n) is 0. The molecule has 0 aliphatic heterocycles. The molecule has 0 amide bonds. The Kier molecular flexibility index (Phi) is 2180000. The molecule has 0 aromatic heterocycles. The minimum Gasteiger partial charge on any atom is -0.412 e. The third kappa shape index (κ3) is 3820. The van der Waals surface area contributed by atoms with Crippen LogP contribution in [0.2, 0.25) is 0 Å². The monoisotopic (exact) mass is 234 g/mol. The van der Waals surface area contributed by atoms with E-state index in [1.165, 1.54) is 0 Å². The van der Waals surface area contributed by atoms with E-state index in [0.717, 1.165) is 0 Å². The summed E-state index contributed by atoms with van der Waals surface area (Å²) in [4.78, 5) is 0. The van der Waals surface area contributed by atoms with Crippen LogP contribution in [0.4, 0.5) is 0 Å². The molecule has 0 bridgehead atoms. The van der Waals surface area contributed by atoms with Gasteiger partial charge in [-0.25, -0.2) is 0 Å². The molecule has 104 valence electrons. The van der Waals surface area contributed by atoms with E-state index in [9.17, 15) is 0 Å². The van der Waals surface area contributed by atoms with Crippen molar-refractivity contribution < 1.29 is 71.2 Å². The van der Waals surface area contributed by atoms with Gasteiger partial charge in [-0.05, 0) is 0 Å². The predicted molar refractivity (Wildman–Crippen MR) is 47.0 cm³/mol. The van der Waals surface area contributed by atoms with Crippen LogP contribution in [0, 0.1) is 0 Å². The fourth-order valence-corrected chi connectivity index (χ4v) is 0. The van der Waals surface area contributed by atoms with Gasteiger partial charge >= 0.3 is 0 Å². The fraction of sp³-hybridized carbons (Fsp3) is 0. The summed E-state index contributed by atoms with van der Waals surface area (Å²) in [6.07, 6.45) is 0. The lowest BCUT2D eigenvalue weighted by atomic mass is 16.0. The number of hydrogen-bond acceptors (Lipinski definition) is 0. The standard InChI is InChI=1S/13H2O/h13*1H2. The summed E-state index contributed by atoms with van der Waals surface area (Å²) < 4.78 is 0. The van der Waals surface area contributed by atoms with Crippen LogP contribution in [-0.2, 0) is 0 Å². The van der Waals surface area contributed by atoms with E-state index in [4.69, 9.17) is 0 Å². The van der Waals surface area contributed by atoms with E-state index in [-0.39, 0.29) is 71.2 Å². The molecule has 13 heavy (non-hydrogen) atoms.